The molecule has 0 amide bonds. The van der Waals surface area contributed by atoms with Gasteiger partial charge in [-0.05, 0) is 56.8 Å². The SMILES string of the molecule is COc1ccc(-n2c(C)nnc2-c2cc(C(C)C)c(O)cc2O)cc1N(C)CCN(C)C. The van der Waals surface area contributed by atoms with Crippen LogP contribution in [0.5, 0.6) is 17.2 Å². The monoisotopic (exact) mass is 439 g/mol. The van der Waals surface area contributed by atoms with Crippen molar-refractivity contribution in [2.45, 2.75) is 26.7 Å². The van der Waals surface area contributed by atoms with Gasteiger partial charge in [-0.15, -0.1) is 10.2 Å². The zero-order chi connectivity index (χ0) is 23.6. The molecule has 32 heavy (non-hydrogen) atoms. The maximum Gasteiger partial charge on any atom is 0.172 e. The molecule has 1 heterocycles. The Morgan fingerprint density at radius 1 is 1.00 bits per heavy atom. The minimum absolute atomic E-state index is 0.0441. The van der Waals surface area contributed by atoms with Crippen LogP contribution in [-0.2, 0) is 0 Å². The topological polar surface area (TPSA) is 86.9 Å². The molecule has 0 aliphatic rings. The standard InChI is InChI=1S/C24H33N5O3/c1-15(2)18-13-19(22(31)14-21(18)30)24-26-25-16(3)29(24)17-8-9-23(32-7)20(12-17)28(6)11-10-27(4)5/h8-9,12-15,30-31H,10-11H2,1-7H3. The lowest BCUT2D eigenvalue weighted by atomic mass is 9.98. The van der Waals surface area contributed by atoms with E-state index in [9.17, 15) is 10.2 Å². The molecule has 8 nitrogen and oxygen atoms in total. The summed E-state index contributed by atoms with van der Waals surface area (Å²) in [5.74, 6) is 2.08. The molecule has 0 radical (unpaired) electrons. The number of aromatic hydroxyl groups is 2. The minimum atomic E-state index is -0.0441. The summed E-state index contributed by atoms with van der Waals surface area (Å²) in [4.78, 5) is 4.28. The van der Waals surface area contributed by atoms with Crippen LogP contribution in [0.15, 0.2) is 30.3 Å². The van der Waals surface area contributed by atoms with Gasteiger partial charge in [0, 0.05) is 26.2 Å². The molecule has 0 saturated carbocycles. The van der Waals surface area contributed by atoms with Gasteiger partial charge in [-0.25, -0.2) is 0 Å². The molecule has 0 spiro atoms. The summed E-state index contributed by atoms with van der Waals surface area (Å²) in [5.41, 5.74) is 3.06. The van der Waals surface area contributed by atoms with E-state index >= 15 is 0 Å². The second-order valence-corrected chi connectivity index (χ2v) is 8.57. The van der Waals surface area contributed by atoms with Crippen molar-refractivity contribution in [3.8, 4) is 34.3 Å². The summed E-state index contributed by atoms with van der Waals surface area (Å²) in [7, 11) is 7.79. The molecule has 172 valence electrons. The molecule has 2 N–H and O–H groups in total. The fraction of sp³-hybridized carbons (Fsp3) is 0.417. The Labute approximate surface area is 189 Å². The van der Waals surface area contributed by atoms with Crippen LogP contribution >= 0.6 is 0 Å². The van der Waals surface area contributed by atoms with Crippen LogP contribution in [0.3, 0.4) is 0 Å². The highest BCUT2D eigenvalue weighted by Crippen LogP contribution is 2.39. The number of benzene rings is 2. The van der Waals surface area contributed by atoms with Crippen molar-refractivity contribution in [1.29, 1.82) is 0 Å². The van der Waals surface area contributed by atoms with Gasteiger partial charge in [0.1, 0.15) is 23.1 Å². The highest BCUT2D eigenvalue weighted by atomic mass is 16.5. The van der Waals surface area contributed by atoms with E-state index in [0.29, 0.717) is 17.2 Å². The summed E-state index contributed by atoms with van der Waals surface area (Å²) in [6.45, 7) is 7.59. The molecule has 0 aliphatic carbocycles. The number of aryl methyl sites for hydroxylation is 1. The summed E-state index contributed by atoms with van der Waals surface area (Å²) in [6, 6.07) is 9.06. The number of rotatable bonds is 8. The van der Waals surface area contributed by atoms with Gasteiger partial charge >= 0.3 is 0 Å². The molecule has 0 unspecified atom stereocenters. The van der Waals surface area contributed by atoms with E-state index in [2.05, 4.69) is 20.0 Å². The van der Waals surface area contributed by atoms with E-state index < -0.39 is 0 Å². The molecule has 1 aromatic heterocycles. The number of hydrogen-bond acceptors (Lipinski definition) is 7. The molecule has 0 saturated heterocycles. The van der Waals surface area contributed by atoms with Crippen LogP contribution in [0.4, 0.5) is 5.69 Å². The largest absolute Gasteiger partial charge is 0.508 e. The maximum atomic E-state index is 10.6. The first-order chi connectivity index (χ1) is 15.1. The summed E-state index contributed by atoms with van der Waals surface area (Å²) >= 11 is 0. The average molecular weight is 440 g/mol. The lowest BCUT2D eigenvalue weighted by Crippen LogP contribution is -2.28. The molecule has 0 fully saturated rings. The van der Waals surface area contributed by atoms with Gasteiger partial charge in [-0.1, -0.05) is 13.8 Å². The number of hydrogen-bond donors (Lipinski definition) is 2. The fourth-order valence-electron chi connectivity index (χ4n) is 3.67. The van der Waals surface area contributed by atoms with Gasteiger partial charge in [-0.3, -0.25) is 4.57 Å². The maximum absolute atomic E-state index is 10.6. The summed E-state index contributed by atoms with van der Waals surface area (Å²) < 4.78 is 7.50. The smallest absolute Gasteiger partial charge is 0.172 e. The fourth-order valence-corrected chi connectivity index (χ4v) is 3.67. The summed E-state index contributed by atoms with van der Waals surface area (Å²) in [6.07, 6.45) is 0. The molecule has 0 bridgehead atoms. The van der Waals surface area contributed by atoms with Crippen LogP contribution in [0.1, 0.15) is 31.2 Å². The van der Waals surface area contributed by atoms with Gasteiger partial charge in [0.2, 0.25) is 0 Å². The average Bonchev–Trinajstić information content (AvgIpc) is 3.12. The van der Waals surface area contributed by atoms with E-state index in [-0.39, 0.29) is 17.4 Å². The molecule has 8 heteroatoms. The highest BCUT2D eigenvalue weighted by molar-refractivity contribution is 5.71. The van der Waals surface area contributed by atoms with Crippen LogP contribution in [0, 0.1) is 6.92 Å². The molecule has 0 atom stereocenters. The van der Waals surface area contributed by atoms with Gasteiger partial charge in [0.25, 0.3) is 0 Å². The Morgan fingerprint density at radius 3 is 2.34 bits per heavy atom. The normalized spacial score (nSPS) is 11.4. The molecule has 3 rings (SSSR count). The number of likely N-dealkylation sites (N-methyl/N-ethyl adjacent to an activating group) is 2. The number of ether oxygens (including phenoxy) is 1. The van der Waals surface area contributed by atoms with Gasteiger partial charge < -0.3 is 24.7 Å². The Bertz CT molecular complexity index is 1090. The number of phenols is 2. The second-order valence-electron chi connectivity index (χ2n) is 8.57. The van der Waals surface area contributed by atoms with Gasteiger partial charge in [-0.2, -0.15) is 0 Å². The third-order valence-electron chi connectivity index (χ3n) is 5.55. The second kappa shape index (κ2) is 9.48. The quantitative estimate of drug-likeness (QED) is 0.552. The van der Waals surface area contributed by atoms with Crippen LogP contribution < -0.4 is 9.64 Å². The van der Waals surface area contributed by atoms with E-state index in [1.54, 1.807) is 13.2 Å². The van der Waals surface area contributed by atoms with Crippen LogP contribution in [0.2, 0.25) is 0 Å². The first kappa shape index (κ1) is 23.4. The first-order valence-corrected chi connectivity index (χ1v) is 10.7. The van der Waals surface area contributed by atoms with Crippen molar-refractivity contribution in [2.75, 3.05) is 46.2 Å². The minimum Gasteiger partial charge on any atom is -0.508 e. The van der Waals surface area contributed by atoms with Crippen molar-refractivity contribution in [2.24, 2.45) is 0 Å². The Balaban J connectivity index is 2.13. The molecule has 0 aliphatic heterocycles. The van der Waals surface area contributed by atoms with Crippen molar-refractivity contribution < 1.29 is 14.9 Å². The van der Waals surface area contributed by atoms with E-state index in [0.717, 1.165) is 35.8 Å². The van der Waals surface area contributed by atoms with Crippen LogP contribution in [0.25, 0.3) is 17.1 Å². The third kappa shape index (κ3) is 4.65. The van der Waals surface area contributed by atoms with E-state index in [1.807, 2.05) is 64.7 Å². The van der Waals surface area contributed by atoms with Gasteiger partial charge in [0.05, 0.1) is 24.0 Å². The number of nitrogens with zero attached hydrogens (tertiary/aromatic N) is 5. The highest BCUT2D eigenvalue weighted by Gasteiger charge is 2.21. The Hall–Kier alpha value is -3.26. The van der Waals surface area contributed by atoms with Gasteiger partial charge in [0.15, 0.2) is 5.82 Å². The number of anilines is 1. The zero-order valence-electron chi connectivity index (χ0n) is 19.9. The third-order valence-corrected chi connectivity index (χ3v) is 5.55. The van der Waals surface area contributed by atoms with Crippen molar-refractivity contribution in [1.82, 2.24) is 19.7 Å². The van der Waals surface area contributed by atoms with Crippen molar-refractivity contribution >= 4 is 5.69 Å². The van der Waals surface area contributed by atoms with E-state index in [4.69, 9.17) is 4.74 Å². The Morgan fingerprint density at radius 2 is 1.72 bits per heavy atom. The van der Waals surface area contributed by atoms with Crippen molar-refractivity contribution in [3.05, 3.63) is 41.7 Å². The first-order valence-electron chi connectivity index (χ1n) is 10.7. The number of methoxy groups -OCH3 is 1. The number of phenolic OH excluding ortho intramolecular Hbond substituents is 2. The summed E-state index contributed by atoms with van der Waals surface area (Å²) in [5, 5.41) is 29.5. The molecule has 3 aromatic rings. The van der Waals surface area contributed by atoms with E-state index in [1.165, 1.54) is 6.07 Å². The zero-order valence-corrected chi connectivity index (χ0v) is 19.9. The number of aromatic nitrogens is 3. The lowest BCUT2D eigenvalue weighted by molar-refractivity contribution is 0.406. The van der Waals surface area contributed by atoms with Crippen LogP contribution in [-0.4, -0.2) is 71.2 Å². The van der Waals surface area contributed by atoms with Crippen molar-refractivity contribution in [3.63, 3.8) is 0 Å². The molecule has 2 aromatic carbocycles. The molecular formula is C24H33N5O3. The predicted octanol–water partition coefficient (Wildman–Crippen LogP) is 3.78. The lowest BCUT2D eigenvalue weighted by Gasteiger charge is -2.24. The molecular weight excluding hydrogens is 406 g/mol. The predicted molar refractivity (Wildman–Crippen MR) is 127 cm³/mol. The Kier molecular flexibility index (Phi) is 6.93.